The number of aliphatic carboxylic acids is 1. The summed E-state index contributed by atoms with van der Waals surface area (Å²) in [6, 6.07) is 4.33. The van der Waals surface area contributed by atoms with Gasteiger partial charge in [-0.2, -0.15) is 5.10 Å². The number of nitrogens with one attached hydrogen (secondary N) is 1. The van der Waals surface area contributed by atoms with Crippen LogP contribution < -0.4 is 5.32 Å². The minimum atomic E-state index is -1.04. The Kier molecular flexibility index (Phi) is 5.33. The van der Waals surface area contributed by atoms with Crippen molar-refractivity contribution in [1.29, 1.82) is 0 Å². The normalized spacial score (nSPS) is 12.2. The SMILES string of the molecule is Cc1cc(C)n(-c2ccc(C(=O)N[C@@H](CC(C)C)C(=O)O)cn2)n1. The van der Waals surface area contributed by atoms with Crippen LogP contribution in [0.25, 0.3) is 5.82 Å². The molecule has 1 amide bonds. The monoisotopic (exact) mass is 330 g/mol. The molecule has 128 valence electrons. The second-order valence-electron chi connectivity index (χ2n) is 6.24. The fourth-order valence-corrected chi connectivity index (χ4v) is 2.44. The molecule has 0 saturated heterocycles. The number of carbonyl (C=O) groups is 2. The molecule has 0 aliphatic carbocycles. The lowest BCUT2D eigenvalue weighted by atomic mass is 10.0. The Morgan fingerprint density at radius 2 is 2.00 bits per heavy atom. The van der Waals surface area contributed by atoms with E-state index in [2.05, 4.69) is 15.4 Å². The number of nitrogens with zero attached hydrogens (tertiary/aromatic N) is 3. The van der Waals surface area contributed by atoms with Crippen LogP contribution in [0.2, 0.25) is 0 Å². The number of carbonyl (C=O) groups excluding carboxylic acids is 1. The first-order valence-corrected chi connectivity index (χ1v) is 7.81. The quantitative estimate of drug-likeness (QED) is 0.845. The zero-order valence-electron chi connectivity index (χ0n) is 14.3. The van der Waals surface area contributed by atoms with E-state index in [4.69, 9.17) is 0 Å². The molecule has 2 heterocycles. The minimum Gasteiger partial charge on any atom is -0.480 e. The van der Waals surface area contributed by atoms with Crippen molar-refractivity contribution in [3.8, 4) is 5.82 Å². The third kappa shape index (κ3) is 4.18. The smallest absolute Gasteiger partial charge is 0.326 e. The van der Waals surface area contributed by atoms with Gasteiger partial charge in [-0.15, -0.1) is 0 Å². The van der Waals surface area contributed by atoms with Gasteiger partial charge in [-0.3, -0.25) is 4.79 Å². The number of hydrogen-bond acceptors (Lipinski definition) is 4. The summed E-state index contributed by atoms with van der Waals surface area (Å²) in [6.45, 7) is 7.64. The van der Waals surface area contributed by atoms with Gasteiger partial charge in [0.1, 0.15) is 6.04 Å². The summed E-state index contributed by atoms with van der Waals surface area (Å²) < 4.78 is 1.69. The number of pyridine rings is 1. The first-order valence-electron chi connectivity index (χ1n) is 7.81. The Balaban J connectivity index is 2.13. The van der Waals surface area contributed by atoms with Crippen molar-refractivity contribution in [3.63, 3.8) is 0 Å². The van der Waals surface area contributed by atoms with Crippen LogP contribution in [0.3, 0.4) is 0 Å². The van der Waals surface area contributed by atoms with Gasteiger partial charge in [-0.25, -0.2) is 14.5 Å². The van der Waals surface area contributed by atoms with Crippen LogP contribution in [-0.2, 0) is 4.79 Å². The van der Waals surface area contributed by atoms with Gasteiger partial charge in [0.05, 0.1) is 11.3 Å². The Morgan fingerprint density at radius 1 is 1.29 bits per heavy atom. The van der Waals surface area contributed by atoms with Gasteiger partial charge in [-0.05, 0) is 44.4 Å². The van der Waals surface area contributed by atoms with Gasteiger partial charge in [0, 0.05) is 11.9 Å². The lowest BCUT2D eigenvalue weighted by Gasteiger charge is -2.16. The molecule has 1 atom stereocenters. The number of amides is 1. The lowest BCUT2D eigenvalue weighted by molar-refractivity contribution is -0.139. The molecular formula is C17H22N4O3. The van der Waals surface area contributed by atoms with E-state index in [-0.39, 0.29) is 5.92 Å². The molecule has 0 spiro atoms. The number of aromatic nitrogens is 3. The van der Waals surface area contributed by atoms with Gasteiger partial charge in [0.25, 0.3) is 5.91 Å². The molecule has 24 heavy (non-hydrogen) atoms. The van der Waals surface area contributed by atoms with Crippen LogP contribution in [0, 0.1) is 19.8 Å². The van der Waals surface area contributed by atoms with E-state index < -0.39 is 17.9 Å². The molecule has 0 unspecified atom stereocenters. The molecule has 2 aromatic rings. The Bertz CT molecular complexity index is 735. The number of carboxylic acids is 1. The minimum absolute atomic E-state index is 0.165. The van der Waals surface area contributed by atoms with Crippen molar-refractivity contribution in [1.82, 2.24) is 20.1 Å². The average Bonchev–Trinajstić information content (AvgIpc) is 2.84. The van der Waals surface area contributed by atoms with E-state index in [1.165, 1.54) is 6.20 Å². The molecule has 0 bridgehead atoms. The van der Waals surface area contributed by atoms with Crippen LogP contribution in [-0.4, -0.2) is 37.8 Å². The van der Waals surface area contributed by atoms with Gasteiger partial charge >= 0.3 is 5.97 Å². The highest BCUT2D eigenvalue weighted by molar-refractivity contribution is 5.96. The summed E-state index contributed by atoms with van der Waals surface area (Å²) in [6.07, 6.45) is 1.80. The highest BCUT2D eigenvalue weighted by Crippen LogP contribution is 2.11. The second kappa shape index (κ2) is 7.25. The molecular weight excluding hydrogens is 308 g/mol. The molecule has 0 aliphatic heterocycles. The fraction of sp³-hybridized carbons (Fsp3) is 0.412. The molecule has 0 radical (unpaired) electrons. The van der Waals surface area contributed by atoms with Crippen molar-refractivity contribution >= 4 is 11.9 Å². The predicted octanol–water partition coefficient (Wildman–Crippen LogP) is 2.11. The molecule has 7 nitrogen and oxygen atoms in total. The van der Waals surface area contributed by atoms with Crippen molar-refractivity contribution in [2.45, 2.75) is 40.2 Å². The maximum absolute atomic E-state index is 12.2. The summed E-state index contributed by atoms with van der Waals surface area (Å²) in [5.41, 5.74) is 2.14. The van der Waals surface area contributed by atoms with Crippen LogP contribution in [0.4, 0.5) is 0 Å². The van der Waals surface area contributed by atoms with E-state index >= 15 is 0 Å². The van der Waals surface area contributed by atoms with Crippen molar-refractivity contribution in [2.75, 3.05) is 0 Å². The van der Waals surface area contributed by atoms with Crippen LogP contribution in [0.5, 0.6) is 0 Å². The van der Waals surface area contributed by atoms with E-state index in [1.807, 2.05) is 33.8 Å². The maximum atomic E-state index is 12.2. The molecule has 7 heteroatoms. The summed E-state index contributed by atoms with van der Waals surface area (Å²) in [5.74, 6) is -0.716. The molecule has 2 aromatic heterocycles. The molecule has 0 aromatic carbocycles. The number of rotatable bonds is 6. The van der Waals surface area contributed by atoms with Crippen molar-refractivity contribution in [2.24, 2.45) is 5.92 Å². The molecule has 0 aliphatic rings. The largest absolute Gasteiger partial charge is 0.480 e. The zero-order chi connectivity index (χ0) is 17.9. The van der Waals surface area contributed by atoms with Gasteiger partial charge in [0.15, 0.2) is 5.82 Å². The Labute approximate surface area is 140 Å². The highest BCUT2D eigenvalue weighted by atomic mass is 16.4. The van der Waals surface area contributed by atoms with Crippen molar-refractivity contribution < 1.29 is 14.7 Å². The van der Waals surface area contributed by atoms with Crippen LogP contribution >= 0.6 is 0 Å². The topological polar surface area (TPSA) is 97.1 Å². The Morgan fingerprint density at radius 3 is 2.46 bits per heavy atom. The summed E-state index contributed by atoms with van der Waals surface area (Å²) in [4.78, 5) is 27.7. The predicted molar refractivity (Wildman–Crippen MR) is 89.2 cm³/mol. The van der Waals surface area contributed by atoms with E-state index in [0.29, 0.717) is 17.8 Å². The number of hydrogen-bond donors (Lipinski definition) is 2. The highest BCUT2D eigenvalue weighted by Gasteiger charge is 2.22. The van der Waals surface area contributed by atoms with Crippen LogP contribution in [0.1, 0.15) is 42.0 Å². The van der Waals surface area contributed by atoms with E-state index in [1.54, 1.807) is 16.8 Å². The Hall–Kier alpha value is -2.70. The number of aryl methyl sites for hydroxylation is 2. The van der Waals surface area contributed by atoms with Gasteiger partial charge < -0.3 is 10.4 Å². The molecule has 2 rings (SSSR count). The average molecular weight is 330 g/mol. The van der Waals surface area contributed by atoms with Crippen LogP contribution in [0.15, 0.2) is 24.4 Å². The summed E-state index contributed by atoms with van der Waals surface area (Å²) >= 11 is 0. The molecule has 2 N–H and O–H groups in total. The fourth-order valence-electron chi connectivity index (χ4n) is 2.44. The molecule has 0 fully saturated rings. The zero-order valence-corrected chi connectivity index (χ0v) is 14.3. The van der Waals surface area contributed by atoms with E-state index in [9.17, 15) is 14.7 Å². The van der Waals surface area contributed by atoms with Gasteiger partial charge in [0.2, 0.25) is 0 Å². The lowest BCUT2D eigenvalue weighted by Crippen LogP contribution is -2.41. The maximum Gasteiger partial charge on any atom is 0.326 e. The van der Waals surface area contributed by atoms with E-state index in [0.717, 1.165) is 11.4 Å². The number of carboxylic acid groups (broad SMARTS) is 1. The standard InChI is InChI=1S/C17H22N4O3/c1-10(2)7-14(17(23)24)19-16(22)13-5-6-15(18-9-13)21-12(4)8-11(3)20-21/h5-6,8-10,14H,7H2,1-4H3,(H,19,22)(H,23,24)/t14-/m0/s1. The third-order valence-electron chi connectivity index (χ3n) is 3.55. The molecule has 0 saturated carbocycles. The van der Waals surface area contributed by atoms with Gasteiger partial charge in [-0.1, -0.05) is 13.8 Å². The first-order chi connectivity index (χ1) is 11.3. The first kappa shape index (κ1) is 17.7. The van der Waals surface area contributed by atoms with Crippen molar-refractivity contribution in [3.05, 3.63) is 41.3 Å². The third-order valence-corrected chi connectivity index (χ3v) is 3.55. The summed E-state index contributed by atoms with van der Waals surface area (Å²) in [7, 11) is 0. The second-order valence-corrected chi connectivity index (χ2v) is 6.24. The summed E-state index contributed by atoms with van der Waals surface area (Å²) in [5, 5.41) is 16.1.